The minimum absolute atomic E-state index is 0.249. The van der Waals surface area contributed by atoms with Crippen LogP contribution in [0.1, 0.15) is 5.56 Å². The predicted octanol–water partition coefficient (Wildman–Crippen LogP) is 4.97. The van der Waals surface area contributed by atoms with Crippen molar-refractivity contribution in [2.24, 2.45) is 0 Å². The second-order valence-corrected chi connectivity index (χ2v) is 6.68. The first-order chi connectivity index (χ1) is 13.2. The highest BCUT2D eigenvalue weighted by molar-refractivity contribution is 7.98. The largest absolute Gasteiger partial charge is 0.497 e. The Bertz CT molecular complexity index is 1030. The van der Waals surface area contributed by atoms with Gasteiger partial charge in [-0.05, 0) is 54.1 Å². The van der Waals surface area contributed by atoms with Crippen molar-refractivity contribution in [3.8, 4) is 23.0 Å². The fourth-order valence-corrected chi connectivity index (χ4v) is 3.56. The van der Waals surface area contributed by atoms with Gasteiger partial charge in [0, 0.05) is 5.75 Å². The van der Waals surface area contributed by atoms with Gasteiger partial charge in [0.25, 0.3) is 0 Å². The first-order valence-electron chi connectivity index (χ1n) is 8.25. The number of hydrogen-bond donors (Lipinski definition) is 0. The van der Waals surface area contributed by atoms with Crippen LogP contribution in [0.25, 0.3) is 17.3 Å². The molecule has 0 aliphatic heterocycles. The summed E-state index contributed by atoms with van der Waals surface area (Å²) in [5.41, 5.74) is 1.76. The molecule has 27 heavy (non-hydrogen) atoms. The molecule has 0 N–H and O–H groups in total. The zero-order chi connectivity index (χ0) is 18.6. The topological polar surface area (TPSA) is 53.1 Å². The monoisotopic (exact) mass is 381 g/mol. The lowest BCUT2D eigenvalue weighted by atomic mass is 10.2. The van der Waals surface area contributed by atoms with E-state index in [1.54, 1.807) is 19.4 Å². The Morgan fingerprint density at radius 3 is 2.63 bits per heavy atom. The first kappa shape index (κ1) is 17.4. The van der Waals surface area contributed by atoms with E-state index in [1.807, 2.05) is 47.0 Å². The molecule has 0 aliphatic rings. The molecule has 0 saturated carbocycles. The Hall–Kier alpha value is -3.06. The summed E-state index contributed by atoms with van der Waals surface area (Å²) in [5, 5.41) is 9.31. The van der Waals surface area contributed by atoms with Gasteiger partial charge in [-0.3, -0.25) is 4.57 Å². The van der Waals surface area contributed by atoms with Crippen molar-refractivity contribution in [3.05, 3.63) is 78.3 Å². The molecule has 0 fully saturated rings. The van der Waals surface area contributed by atoms with Crippen molar-refractivity contribution in [3.63, 3.8) is 0 Å². The van der Waals surface area contributed by atoms with E-state index < -0.39 is 0 Å². The predicted molar refractivity (Wildman–Crippen MR) is 102 cm³/mol. The van der Waals surface area contributed by atoms with Crippen LogP contribution in [0.5, 0.6) is 5.75 Å². The van der Waals surface area contributed by atoms with E-state index in [1.165, 1.54) is 23.9 Å². The molecular weight excluding hydrogens is 365 g/mol. The average Bonchev–Trinajstić information content (AvgIpc) is 3.36. The lowest BCUT2D eigenvalue weighted by Crippen LogP contribution is -1.99. The van der Waals surface area contributed by atoms with Crippen LogP contribution in [0.4, 0.5) is 4.39 Å². The van der Waals surface area contributed by atoms with E-state index in [2.05, 4.69) is 10.2 Å². The van der Waals surface area contributed by atoms with E-state index in [4.69, 9.17) is 9.15 Å². The van der Waals surface area contributed by atoms with E-state index in [0.717, 1.165) is 17.0 Å². The minimum atomic E-state index is -0.249. The van der Waals surface area contributed by atoms with Gasteiger partial charge < -0.3 is 9.15 Å². The van der Waals surface area contributed by atoms with E-state index in [9.17, 15) is 4.39 Å². The van der Waals surface area contributed by atoms with Crippen molar-refractivity contribution in [2.75, 3.05) is 7.11 Å². The van der Waals surface area contributed by atoms with Crippen LogP contribution in [0.3, 0.4) is 0 Å². The third-order valence-electron chi connectivity index (χ3n) is 3.96. The summed E-state index contributed by atoms with van der Waals surface area (Å²) in [6.45, 7) is 0. The molecule has 0 aliphatic carbocycles. The molecule has 5 nitrogen and oxygen atoms in total. The molecular formula is C20H16FN3O2S. The standard InChI is InChI=1S/C20H16FN3O2S/c1-25-17-9-7-16(8-10-17)24-19(18-6-3-11-26-18)22-23-20(24)27-13-14-4-2-5-15(21)12-14/h2-12H,13H2,1H3. The fraction of sp³-hybridized carbons (Fsp3) is 0.100. The number of rotatable bonds is 6. The highest BCUT2D eigenvalue weighted by atomic mass is 32.2. The maximum absolute atomic E-state index is 13.4. The molecule has 136 valence electrons. The molecule has 4 rings (SSSR count). The summed E-state index contributed by atoms with van der Waals surface area (Å²) in [7, 11) is 1.63. The molecule has 4 aromatic rings. The summed E-state index contributed by atoms with van der Waals surface area (Å²) in [6, 6.07) is 17.8. The normalized spacial score (nSPS) is 10.9. The molecule has 0 unspecified atom stereocenters. The van der Waals surface area contributed by atoms with Gasteiger partial charge in [-0.1, -0.05) is 23.9 Å². The Balaban J connectivity index is 1.70. The molecule has 2 heterocycles. The van der Waals surface area contributed by atoms with Crippen LogP contribution in [-0.2, 0) is 5.75 Å². The van der Waals surface area contributed by atoms with Gasteiger partial charge in [0.05, 0.1) is 19.1 Å². The smallest absolute Gasteiger partial charge is 0.205 e. The molecule has 0 atom stereocenters. The van der Waals surface area contributed by atoms with Crippen molar-refractivity contribution in [1.82, 2.24) is 14.8 Å². The van der Waals surface area contributed by atoms with Crippen LogP contribution >= 0.6 is 11.8 Å². The van der Waals surface area contributed by atoms with Gasteiger partial charge in [-0.2, -0.15) is 0 Å². The Morgan fingerprint density at radius 2 is 1.93 bits per heavy atom. The van der Waals surface area contributed by atoms with E-state index >= 15 is 0 Å². The average molecular weight is 381 g/mol. The SMILES string of the molecule is COc1ccc(-n2c(SCc3cccc(F)c3)nnc2-c2ccco2)cc1. The van der Waals surface area contributed by atoms with Crippen LogP contribution in [0, 0.1) is 5.82 Å². The summed E-state index contributed by atoms with van der Waals surface area (Å²) < 4.78 is 26.1. The number of furan rings is 1. The van der Waals surface area contributed by atoms with Crippen LogP contribution < -0.4 is 4.74 Å². The van der Waals surface area contributed by atoms with Gasteiger partial charge in [0.2, 0.25) is 5.82 Å². The molecule has 2 aromatic carbocycles. The number of nitrogens with zero attached hydrogens (tertiary/aromatic N) is 3. The number of hydrogen-bond acceptors (Lipinski definition) is 5. The van der Waals surface area contributed by atoms with Crippen molar-refractivity contribution in [2.45, 2.75) is 10.9 Å². The lowest BCUT2D eigenvalue weighted by molar-refractivity contribution is 0.414. The molecule has 2 aromatic heterocycles. The number of aromatic nitrogens is 3. The maximum Gasteiger partial charge on any atom is 0.205 e. The summed E-state index contributed by atoms with van der Waals surface area (Å²) in [5.74, 6) is 2.31. The lowest BCUT2D eigenvalue weighted by Gasteiger charge is -2.10. The van der Waals surface area contributed by atoms with Crippen LogP contribution in [0.2, 0.25) is 0 Å². The summed E-state index contributed by atoms with van der Waals surface area (Å²) in [4.78, 5) is 0. The van der Waals surface area contributed by atoms with Gasteiger partial charge in [-0.25, -0.2) is 4.39 Å². The van der Waals surface area contributed by atoms with Gasteiger partial charge >= 0.3 is 0 Å². The van der Waals surface area contributed by atoms with E-state index in [0.29, 0.717) is 22.5 Å². The second-order valence-electron chi connectivity index (χ2n) is 5.74. The van der Waals surface area contributed by atoms with Crippen LogP contribution in [0.15, 0.2) is 76.5 Å². The number of thioether (sulfide) groups is 1. The number of ether oxygens (including phenoxy) is 1. The van der Waals surface area contributed by atoms with Gasteiger partial charge in [0.15, 0.2) is 10.9 Å². The number of halogens is 1. The van der Waals surface area contributed by atoms with Crippen LogP contribution in [-0.4, -0.2) is 21.9 Å². The molecule has 0 bridgehead atoms. The summed E-state index contributed by atoms with van der Waals surface area (Å²) in [6.07, 6.45) is 1.60. The third kappa shape index (κ3) is 3.73. The Labute approximate surface area is 159 Å². The second kappa shape index (κ2) is 7.67. The molecule has 0 spiro atoms. The molecule has 0 saturated heterocycles. The zero-order valence-electron chi connectivity index (χ0n) is 14.5. The van der Waals surface area contributed by atoms with Gasteiger partial charge in [-0.15, -0.1) is 10.2 Å². The quantitative estimate of drug-likeness (QED) is 0.442. The Kier molecular flexibility index (Phi) is 4.93. The summed E-state index contributed by atoms with van der Waals surface area (Å²) >= 11 is 1.48. The van der Waals surface area contributed by atoms with Crippen molar-refractivity contribution in [1.29, 1.82) is 0 Å². The third-order valence-corrected chi connectivity index (χ3v) is 4.96. The van der Waals surface area contributed by atoms with E-state index in [-0.39, 0.29) is 5.82 Å². The minimum Gasteiger partial charge on any atom is -0.497 e. The van der Waals surface area contributed by atoms with Crippen molar-refractivity contribution >= 4 is 11.8 Å². The molecule has 0 radical (unpaired) electrons. The number of methoxy groups -OCH3 is 1. The molecule has 0 amide bonds. The fourth-order valence-electron chi connectivity index (χ4n) is 2.67. The number of benzene rings is 2. The first-order valence-corrected chi connectivity index (χ1v) is 9.24. The van der Waals surface area contributed by atoms with Gasteiger partial charge in [0.1, 0.15) is 11.6 Å². The zero-order valence-corrected chi connectivity index (χ0v) is 15.3. The molecule has 7 heteroatoms. The highest BCUT2D eigenvalue weighted by Gasteiger charge is 2.18. The maximum atomic E-state index is 13.4. The van der Waals surface area contributed by atoms with Crippen molar-refractivity contribution < 1.29 is 13.5 Å². The Morgan fingerprint density at radius 1 is 1.07 bits per heavy atom. The highest BCUT2D eigenvalue weighted by Crippen LogP contribution is 2.30.